The summed E-state index contributed by atoms with van der Waals surface area (Å²) in [7, 11) is 0. The van der Waals surface area contributed by atoms with Crippen LogP contribution in [0, 0.1) is 0 Å². The Labute approximate surface area is 127 Å². The monoisotopic (exact) mass is 297 g/mol. The maximum Gasteiger partial charge on any atom is 0.203 e. The molecular formula is C16H27NO4. The Bertz CT molecular complexity index is 396. The van der Waals surface area contributed by atoms with Gasteiger partial charge in [-0.3, -0.25) is 0 Å². The van der Waals surface area contributed by atoms with Crippen molar-refractivity contribution in [3.63, 3.8) is 0 Å². The summed E-state index contributed by atoms with van der Waals surface area (Å²) in [5, 5.41) is 0. The lowest BCUT2D eigenvalue weighted by molar-refractivity contribution is 0.133. The van der Waals surface area contributed by atoms with E-state index in [0.717, 1.165) is 5.56 Å². The Morgan fingerprint density at radius 3 is 1.81 bits per heavy atom. The van der Waals surface area contributed by atoms with Crippen molar-refractivity contribution >= 4 is 0 Å². The number of rotatable bonds is 10. The first-order valence-corrected chi connectivity index (χ1v) is 7.57. The minimum atomic E-state index is -0.223. The topological polar surface area (TPSA) is 62.9 Å². The van der Waals surface area contributed by atoms with Crippen LogP contribution in [0.2, 0.25) is 0 Å². The predicted octanol–water partition coefficient (Wildman–Crippen LogP) is 2.92. The average molecular weight is 297 g/mol. The molecule has 0 aliphatic heterocycles. The lowest BCUT2D eigenvalue weighted by atomic mass is 10.1. The van der Waals surface area contributed by atoms with Gasteiger partial charge in [0.1, 0.15) is 0 Å². The van der Waals surface area contributed by atoms with Crippen LogP contribution in [0.5, 0.6) is 17.2 Å². The van der Waals surface area contributed by atoms with Crippen molar-refractivity contribution in [2.24, 2.45) is 5.73 Å². The van der Waals surface area contributed by atoms with Gasteiger partial charge in [0, 0.05) is 6.61 Å². The molecule has 1 atom stereocenters. The highest BCUT2D eigenvalue weighted by molar-refractivity contribution is 5.54. The zero-order valence-corrected chi connectivity index (χ0v) is 13.5. The molecule has 0 saturated carbocycles. The molecule has 0 aliphatic rings. The van der Waals surface area contributed by atoms with Gasteiger partial charge in [-0.05, 0) is 45.4 Å². The zero-order valence-electron chi connectivity index (χ0n) is 13.5. The van der Waals surface area contributed by atoms with Gasteiger partial charge in [0.2, 0.25) is 5.75 Å². The first-order valence-electron chi connectivity index (χ1n) is 7.57. The zero-order chi connectivity index (χ0) is 15.7. The van der Waals surface area contributed by atoms with Crippen LogP contribution in [0.25, 0.3) is 0 Å². The molecule has 1 rings (SSSR count). The molecule has 0 heterocycles. The third kappa shape index (κ3) is 5.10. The summed E-state index contributed by atoms with van der Waals surface area (Å²) in [5.74, 6) is 1.95. The SMILES string of the molecule is CCOCC(N)c1cc(OCC)c(OCC)c(OCC)c1. The fourth-order valence-electron chi connectivity index (χ4n) is 1.96. The van der Waals surface area contributed by atoms with Gasteiger partial charge in [-0.25, -0.2) is 0 Å². The first-order chi connectivity index (χ1) is 10.2. The van der Waals surface area contributed by atoms with Crippen LogP contribution in [0.3, 0.4) is 0 Å². The average Bonchev–Trinajstić information content (AvgIpc) is 2.48. The summed E-state index contributed by atoms with van der Waals surface area (Å²) >= 11 is 0. The smallest absolute Gasteiger partial charge is 0.203 e. The Hall–Kier alpha value is -1.46. The van der Waals surface area contributed by atoms with E-state index in [-0.39, 0.29) is 6.04 Å². The fourth-order valence-corrected chi connectivity index (χ4v) is 1.96. The van der Waals surface area contributed by atoms with Gasteiger partial charge in [0.15, 0.2) is 11.5 Å². The molecule has 5 heteroatoms. The van der Waals surface area contributed by atoms with E-state index in [0.29, 0.717) is 50.3 Å². The highest BCUT2D eigenvalue weighted by Gasteiger charge is 2.18. The van der Waals surface area contributed by atoms with Gasteiger partial charge in [-0.2, -0.15) is 0 Å². The molecule has 0 aromatic heterocycles. The number of hydrogen-bond donors (Lipinski definition) is 1. The van der Waals surface area contributed by atoms with Gasteiger partial charge < -0.3 is 24.7 Å². The highest BCUT2D eigenvalue weighted by Crippen LogP contribution is 2.40. The molecular weight excluding hydrogens is 270 g/mol. The van der Waals surface area contributed by atoms with Crippen LogP contribution in [0.1, 0.15) is 39.3 Å². The van der Waals surface area contributed by atoms with Crippen LogP contribution in [0.4, 0.5) is 0 Å². The summed E-state index contributed by atoms with van der Waals surface area (Å²) < 4.78 is 22.4. The van der Waals surface area contributed by atoms with Crippen LogP contribution >= 0.6 is 0 Å². The second-order valence-electron chi connectivity index (χ2n) is 4.41. The number of ether oxygens (including phenoxy) is 4. The number of benzene rings is 1. The van der Waals surface area contributed by atoms with E-state index in [1.165, 1.54) is 0 Å². The molecule has 1 unspecified atom stereocenters. The molecule has 2 N–H and O–H groups in total. The summed E-state index contributed by atoms with van der Waals surface area (Å²) in [5.41, 5.74) is 7.07. The van der Waals surface area contributed by atoms with Gasteiger partial charge >= 0.3 is 0 Å². The Morgan fingerprint density at radius 1 is 0.857 bits per heavy atom. The number of nitrogens with two attached hydrogens (primary N) is 1. The van der Waals surface area contributed by atoms with E-state index >= 15 is 0 Å². The molecule has 0 radical (unpaired) electrons. The summed E-state index contributed by atoms with van der Waals surface area (Å²) in [6.07, 6.45) is 0. The van der Waals surface area contributed by atoms with E-state index in [1.807, 2.05) is 39.8 Å². The number of hydrogen-bond acceptors (Lipinski definition) is 5. The molecule has 1 aromatic carbocycles. The van der Waals surface area contributed by atoms with Crippen LogP contribution < -0.4 is 19.9 Å². The van der Waals surface area contributed by atoms with Gasteiger partial charge in [0.05, 0.1) is 32.5 Å². The lowest BCUT2D eigenvalue weighted by Crippen LogP contribution is -2.17. The summed E-state index contributed by atoms with van der Waals surface area (Å²) in [6, 6.07) is 3.58. The van der Waals surface area contributed by atoms with Gasteiger partial charge in [-0.1, -0.05) is 0 Å². The van der Waals surface area contributed by atoms with Gasteiger partial charge in [-0.15, -0.1) is 0 Å². The van der Waals surface area contributed by atoms with Crippen molar-refractivity contribution < 1.29 is 18.9 Å². The molecule has 0 fully saturated rings. The molecule has 0 saturated heterocycles. The van der Waals surface area contributed by atoms with Crippen molar-refractivity contribution in [1.29, 1.82) is 0 Å². The predicted molar refractivity (Wildman–Crippen MR) is 83.4 cm³/mol. The van der Waals surface area contributed by atoms with Crippen molar-refractivity contribution in [3.05, 3.63) is 17.7 Å². The molecule has 0 spiro atoms. The highest BCUT2D eigenvalue weighted by atomic mass is 16.5. The lowest BCUT2D eigenvalue weighted by Gasteiger charge is -2.19. The molecule has 120 valence electrons. The van der Waals surface area contributed by atoms with Crippen LogP contribution in [-0.4, -0.2) is 33.0 Å². The van der Waals surface area contributed by atoms with Crippen molar-refractivity contribution in [3.8, 4) is 17.2 Å². The second kappa shape index (κ2) is 9.47. The Morgan fingerprint density at radius 2 is 1.38 bits per heavy atom. The standard InChI is InChI=1S/C16H27NO4/c1-5-18-11-13(17)12-9-14(19-6-2)16(21-8-4)15(10-12)20-7-3/h9-10,13H,5-8,11,17H2,1-4H3. The molecule has 0 aliphatic carbocycles. The maximum absolute atomic E-state index is 6.16. The van der Waals surface area contributed by atoms with Crippen LogP contribution in [0.15, 0.2) is 12.1 Å². The van der Waals surface area contributed by atoms with E-state index in [1.54, 1.807) is 0 Å². The van der Waals surface area contributed by atoms with E-state index < -0.39 is 0 Å². The van der Waals surface area contributed by atoms with Crippen molar-refractivity contribution in [2.45, 2.75) is 33.7 Å². The van der Waals surface area contributed by atoms with E-state index in [9.17, 15) is 0 Å². The largest absolute Gasteiger partial charge is 0.490 e. The Balaban J connectivity index is 3.14. The molecule has 21 heavy (non-hydrogen) atoms. The first kappa shape index (κ1) is 17.6. The second-order valence-corrected chi connectivity index (χ2v) is 4.41. The summed E-state index contributed by atoms with van der Waals surface area (Å²) in [6.45, 7) is 10.5. The molecule has 0 bridgehead atoms. The minimum absolute atomic E-state index is 0.223. The minimum Gasteiger partial charge on any atom is -0.490 e. The van der Waals surface area contributed by atoms with E-state index in [4.69, 9.17) is 24.7 Å². The van der Waals surface area contributed by atoms with E-state index in [2.05, 4.69) is 0 Å². The van der Waals surface area contributed by atoms with Crippen molar-refractivity contribution in [1.82, 2.24) is 0 Å². The summed E-state index contributed by atoms with van der Waals surface area (Å²) in [4.78, 5) is 0. The molecule has 5 nitrogen and oxygen atoms in total. The Kier molecular flexibility index (Phi) is 7.93. The maximum atomic E-state index is 6.16. The fraction of sp³-hybridized carbons (Fsp3) is 0.625. The quantitative estimate of drug-likeness (QED) is 0.719. The molecule has 1 aromatic rings. The third-order valence-corrected chi connectivity index (χ3v) is 2.86. The normalized spacial score (nSPS) is 12.0. The van der Waals surface area contributed by atoms with Crippen molar-refractivity contribution in [2.75, 3.05) is 33.0 Å². The molecule has 0 amide bonds. The third-order valence-electron chi connectivity index (χ3n) is 2.86. The van der Waals surface area contributed by atoms with Gasteiger partial charge in [0.25, 0.3) is 0 Å². The van der Waals surface area contributed by atoms with Crippen LogP contribution in [-0.2, 0) is 4.74 Å².